The average Bonchev–Trinajstić information content (AvgIpc) is 2.45. The number of benzene rings is 1. The Labute approximate surface area is 132 Å². The first-order valence-corrected chi connectivity index (χ1v) is 7.44. The zero-order valence-electron chi connectivity index (χ0n) is 11.6. The van der Waals surface area contributed by atoms with E-state index in [0.717, 1.165) is 0 Å². The van der Waals surface area contributed by atoms with E-state index in [1.807, 2.05) is 0 Å². The quantitative estimate of drug-likeness (QED) is 0.590. The SMILES string of the molecule is O=C(SCCC(F)(F)CC(F)(F)C(F)C(F)F)c1ccccc1. The standard InChI is InChI=1S/C14H13F7OS/c15-10(11(16)17)14(20,21)8-13(18,19)6-7-23-12(22)9-4-2-1-3-5-9/h1-5,10-11H,6-8H2. The molecule has 0 aliphatic heterocycles. The lowest BCUT2D eigenvalue weighted by molar-refractivity contribution is -0.174. The van der Waals surface area contributed by atoms with E-state index in [1.165, 1.54) is 12.1 Å². The molecule has 0 aliphatic carbocycles. The molecule has 0 fully saturated rings. The Morgan fingerprint density at radius 2 is 1.61 bits per heavy atom. The summed E-state index contributed by atoms with van der Waals surface area (Å²) in [7, 11) is 0. The molecule has 0 aromatic heterocycles. The minimum atomic E-state index is -4.84. The van der Waals surface area contributed by atoms with Crippen molar-refractivity contribution in [3.05, 3.63) is 35.9 Å². The number of halogens is 7. The van der Waals surface area contributed by atoms with Crippen LogP contribution in [0.4, 0.5) is 30.7 Å². The zero-order chi connectivity index (χ0) is 17.7. The summed E-state index contributed by atoms with van der Waals surface area (Å²) in [5, 5.41) is -0.524. The second kappa shape index (κ2) is 8.03. The predicted octanol–water partition coefficient (Wildman–Crippen LogP) is 5.21. The lowest BCUT2D eigenvalue weighted by Crippen LogP contribution is -2.41. The van der Waals surface area contributed by atoms with Gasteiger partial charge in [-0.05, 0) is 0 Å². The van der Waals surface area contributed by atoms with Crippen molar-refractivity contribution in [2.24, 2.45) is 0 Å². The van der Waals surface area contributed by atoms with E-state index in [4.69, 9.17) is 0 Å². The van der Waals surface area contributed by atoms with Gasteiger partial charge in [0.2, 0.25) is 11.3 Å². The maximum absolute atomic E-state index is 13.4. The van der Waals surface area contributed by atoms with Crippen molar-refractivity contribution < 1.29 is 35.5 Å². The van der Waals surface area contributed by atoms with E-state index in [2.05, 4.69) is 0 Å². The highest BCUT2D eigenvalue weighted by Crippen LogP contribution is 2.38. The molecule has 1 rings (SSSR count). The van der Waals surface area contributed by atoms with Gasteiger partial charge in [-0.15, -0.1) is 0 Å². The fraction of sp³-hybridized carbons (Fsp3) is 0.500. The number of hydrogen-bond donors (Lipinski definition) is 0. The summed E-state index contributed by atoms with van der Waals surface area (Å²) < 4.78 is 89.2. The van der Waals surface area contributed by atoms with Gasteiger partial charge >= 0.3 is 0 Å². The highest BCUT2D eigenvalue weighted by Gasteiger charge is 2.52. The van der Waals surface area contributed by atoms with Crippen LogP contribution in [0.5, 0.6) is 0 Å². The Morgan fingerprint density at radius 1 is 1.04 bits per heavy atom. The molecular formula is C14H13F7OS. The first-order valence-electron chi connectivity index (χ1n) is 6.45. The van der Waals surface area contributed by atoms with E-state index in [9.17, 15) is 35.5 Å². The van der Waals surface area contributed by atoms with Crippen LogP contribution in [-0.4, -0.2) is 35.3 Å². The average molecular weight is 362 g/mol. The molecule has 0 radical (unpaired) electrons. The molecule has 0 aliphatic rings. The van der Waals surface area contributed by atoms with Crippen LogP contribution in [-0.2, 0) is 0 Å². The number of alkyl halides is 7. The lowest BCUT2D eigenvalue weighted by atomic mass is 10.0. The summed E-state index contributed by atoms with van der Waals surface area (Å²) in [6, 6.07) is 7.69. The summed E-state index contributed by atoms with van der Waals surface area (Å²) >= 11 is 0.491. The molecule has 0 bridgehead atoms. The van der Waals surface area contributed by atoms with E-state index in [0.29, 0.717) is 11.8 Å². The van der Waals surface area contributed by atoms with Crippen LogP contribution in [0.25, 0.3) is 0 Å². The second-order valence-electron chi connectivity index (χ2n) is 4.78. The number of thioether (sulfide) groups is 1. The Hall–Kier alpha value is -1.25. The summed E-state index contributed by atoms with van der Waals surface area (Å²) in [6.45, 7) is 0. The molecule has 1 aromatic rings. The largest absolute Gasteiger partial charge is 0.290 e. The molecule has 0 amide bonds. The van der Waals surface area contributed by atoms with Crippen molar-refractivity contribution >= 4 is 16.9 Å². The monoisotopic (exact) mass is 362 g/mol. The van der Waals surface area contributed by atoms with E-state index in [1.54, 1.807) is 18.2 Å². The molecule has 1 aromatic carbocycles. The molecule has 1 unspecified atom stereocenters. The summed E-state index contributed by atoms with van der Waals surface area (Å²) in [5.74, 6) is -9.40. The van der Waals surface area contributed by atoms with Crippen molar-refractivity contribution in [1.82, 2.24) is 0 Å². The predicted molar refractivity (Wildman–Crippen MR) is 73.3 cm³/mol. The van der Waals surface area contributed by atoms with E-state index >= 15 is 0 Å². The fourth-order valence-corrected chi connectivity index (χ4v) is 2.55. The van der Waals surface area contributed by atoms with Crippen molar-refractivity contribution in [2.45, 2.75) is 37.3 Å². The molecule has 0 saturated carbocycles. The van der Waals surface area contributed by atoms with Crippen LogP contribution in [0.2, 0.25) is 0 Å². The molecule has 130 valence electrons. The van der Waals surface area contributed by atoms with Gasteiger partial charge < -0.3 is 0 Å². The van der Waals surface area contributed by atoms with Gasteiger partial charge in [-0.1, -0.05) is 42.1 Å². The van der Waals surface area contributed by atoms with Crippen LogP contribution >= 0.6 is 11.8 Å². The van der Waals surface area contributed by atoms with Crippen molar-refractivity contribution in [1.29, 1.82) is 0 Å². The van der Waals surface area contributed by atoms with Crippen LogP contribution < -0.4 is 0 Å². The van der Waals surface area contributed by atoms with Crippen LogP contribution in [0.15, 0.2) is 30.3 Å². The number of rotatable bonds is 8. The molecule has 0 saturated heterocycles. The Bertz CT molecular complexity index is 507. The van der Waals surface area contributed by atoms with Crippen LogP contribution in [0.1, 0.15) is 23.2 Å². The Morgan fingerprint density at radius 3 is 2.13 bits per heavy atom. The minimum Gasteiger partial charge on any atom is -0.282 e. The third-order valence-corrected chi connectivity index (χ3v) is 3.74. The topological polar surface area (TPSA) is 17.1 Å². The summed E-state index contributed by atoms with van der Waals surface area (Å²) in [4.78, 5) is 11.6. The van der Waals surface area contributed by atoms with E-state index < -0.39 is 48.2 Å². The molecular weight excluding hydrogens is 349 g/mol. The number of carbonyl (C=O) groups is 1. The third kappa shape index (κ3) is 6.40. The molecule has 0 N–H and O–H groups in total. The molecule has 1 nitrogen and oxygen atoms in total. The highest BCUT2D eigenvalue weighted by atomic mass is 32.2. The van der Waals surface area contributed by atoms with Gasteiger partial charge in [0.1, 0.15) is 0 Å². The zero-order valence-corrected chi connectivity index (χ0v) is 12.4. The third-order valence-electron chi connectivity index (χ3n) is 2.83. The van der Waals surface area contributed by atoms with Crippen LogP contribution in [0.3, 0.4) is 0 Å². The van der Waals surface area contributed by atoms with Crippen molar-refractivity contribution in [2.75, 3.05) is 5.75 Å². The van der Waals surface area contributed by atoms with Crippen LogP contribution in [0, 0.1) is 0 Å². The van der Waals surface area contributed by atoms with Gasteiger partial charge in [0, 0.05) is 17.7 Å². The first-order chi connectivity index (χ1) is 10.6. The Kier molecular flexibility index (Phi) is 6.91. The normalized spacial score (nSPS) is 14.1. The molecule has 1 atom stereocenters. The molecule has 9 heteroatoms. The minimum absolute atomic E-state index is 0.257. The number of hydrogen-bond acceptors (Lipinski definition) is 2. The summed E-state index contributed by atoms with van der Waals surface area (Å²) in [6.07, 6.45) is -11.5. The van der Waals surface area contributed by atoms with Gasteiger partial charge in [0.15, 0.2) is 0 Å². The van der Waals surface area contributed by atoms with Crippen molar-refractivity contribution in [3.63, 3.8) is 0 Å². The first kappa shape index (κ1) is 19.8. The second-order valence-corrected chi connectivity index (χ2v) is 5.85. The number of carbonyl (C=O) groups excluding carboxylic acids is 1. The van der Waals surface area contributed by atoms with E-state index in [-0.39, 0.29) is 5.56 Å². The summed E-state index contributed by atoms with van der Waals surface area (Å²) in [5.41, 5.74) is 0.257. The smallest absolute Gasteiger partial charge is 0.282 e. The fourth-order valence-electron chi connectivity index (χ4n) is 1.67. The highest BCUT2D eigenvalue weighted by molar-refractivity contribution is 8.14. The van der Waals surface area contributed by atoms with Crippen molar-refractivity contribution in [3.8, 4) is 0 Å². The molecule has 0 heterocycles. The lowest BCUT2D eigenvalue weighted by Gasteiger charge is -2.25. The Balaban J connectivity index is 2.51. The molecule has 23 heavy (non-hydrogen) atoms. The van der Waals surface area contributed by atoms with Gasteiger partial charge in [-0.2, -0.15) is 0 Å². The van der Waals surface area contributed by atoms with Gasteiger partial charge in [-0.25, -0.2) is 30.7 Å². The maximum Gasteiger partial charge on any atom is 0.290 e. The van der Waals surface area contributed by atoms with Gasteiger partial charge in [0.25, 0.3) is 18.3 Å². The molecule has 0 spiro atoms. The maximum atomic E-state index is 13.4. The van der Waals surface area contributed by atoms with Gasteiger partial charge in [-0.3, -0.25) is 4.79 Å². The van der Waals surface area contributed by atoms with Gasteiger partial charge in [0.05, 0.1) is 6.42 Å².